The van der Waals surface area contributed by atoms with E-state index in [0.717, 1.165) is 45.3 Å². The van der Waals surface area contributed by atoms with Gasteiger partial charge < -0.3 is 15.5 Å². The number of hydrogen-bond donors (Lipinski definition) is 2. The molecule has 148 valence electrons. The van der Waals surface area contributed by atoms with E-state index >= 15 is 0 Å². The van der Waals surface area contributed by atoms with Crippen LogP contribution in [0.3, 0.4) is 0 Å². The van der Waals surface area contributed by atoms with E-state index in [-0.39, 0.29) is 23.8 Å². The Balaban J connectivity index is 1.47. The second-order valence-corrected chi connectivity index (χ2v) is 8.20. The summed E-state index contributed by atoms with van der Waals surface area (Å²) in [6.45, 7) is 7.45. The number of rotatable bonds is 6. The summed E-state index contributed by atoms with van der Waals surface area (Å²) in [6, 6.07) is 8.29. The molecule has 1 aromatic rings. The summed E-state index contributed by atoms with van der Waals surface area (Å²) in [5, 5.41) is 6.32. The number of likely N-dealkylation sites (tertiary alicyclic amines) is 1. The normalized spacial score (nSPS) is 23.9. The molecule has 0 radical (unpaired) electrons. The van der Waals surface area contributed by atoms with Crippen LogP contribution in [0.4, 0.5) is 0 Å². The number of hydrogen-bond acceptors (Lipinski definition) is 3. The van der Waals surface area contributed by atoms with Crippen molar-refractivity contribution in [3.05, 3.63) is 35.4 Å². The lowest BCUT2D eigenvalue weighted by molar-refractivity contribution is -0.133. The van der Waals surface area contributed by atoms with Gasteiger partial charge in [0, 0.05) is 26.1 Å². The fourth-order valence-electron chi connectivity index (χ4n) is 4.38. The highest BCUT2D eigenvalue weighted by Crippen LogP contribution is 2.25. The Bertz CT molecular complexity index is 655. The summed E-state index contributed by atoms with van der Waals surface area (Å²) >= 11 is 0. The summed E-state index contributed by atoms with van der Waals surface area (Å²) < 4.78 is 0. The van der Waals surface area contributed by atoms with Gasteiger partial charge in [0.15, 0.2) is 0 Å². The van der Waals surface area contributed by atoms with Crippen molar-refractivity contribution in [2.45, 2.75) is 57.9 Å². The molecule has 3 rings (SSSR count). The molecule has 0 aromatic heterocycles. The summed E-state index contributed by atoms with van der Waals surface area (Å²) in [5.74, 6) is 0.942. The van der Waals surface area contributed by atoms with E-state index in [1.165, 1.54) is 11.1 Å². The van der Waals surface area contributed by atoms with Crippen LogP contribution in [0.5, 0.6) is 0 Å². The monoisotopic (exact) mass is 371 g/mol. The van der Waals surface area contributed by atoms with Crippen molar-refractivity contribution in [1.82, 2.24) is 15.5 Å². The van der Waals surface area contributed by atoms with Gasteiger partial charge in [-0.2, -0.15) is 0 Å². The third kappa shape index (κ3) is 5.32. The predicted molar refractivity (Wildman–Crippen MR) is 108 cm³/mol. The fourth-order valence-corrected chi connectivity index (χ4v) is 4.38. The molecule has 5 nitrogen and oxygen atoms in total. The molecule has 2 N–H and O–H groups in total. The summed E-state index contributed by atoms with van der Waals surface area (Å²) in [6.07, 6.45) is 4.65. The van der Waals surface area contributed by atoms with E-state index in [9.17, 15) is 9.59 Å². The van der Waals surface area contributed by atoms with Gasteiger partial charge in [-0.15, -0.1) is 0 Å². The number of amides is 2. The molecule has 0 aliphatic carbocycles. The molecule has 3 unspecified atom stereocenters. The van der Waals surface area contributed by atoms with E-state index in [0.29, 0.717) is 18.9 Å². The molecule has 2 heterocycles. The zero-order valence-corrected chi connectivity index (χ0v) is 16.7. The van der Waals surface area contributed by atoms with Crippen LogP contribution >= 0.6 is 0 Å². The molecule has 0 bridgehead atoms. The maximum absolute atomic E-state index is 12.8. The molecule has 2 fully saturated rings. The van der Waals surface area contributed by atoms with Crippen molar-refractivity contribution < 1.29 is 9.59 Å². The van der Waals surface area contributed by atoms with E-state index < -0.39 is 0 Å². The Labute approximate surface area is 162 Å². The summed E-state index contributed by atoms with van der Waals surface area (Å²) in [5.41, 5.74) is 2.51. The number of carbonyl (C=O) groups excluding carboxylic acids is 2. The highest BCUT2D eigenvalue weighted by Gasteiger charge is 2.27. The Morgan fingerprint density at radius 2 is 2.07 bits per heavy atom. The van der Waals surface area contributed by atoms with E-state index in [2.05, 4.69) is 36.6 Å². The van der Waals surface area contributed by atoms with E-state index in [1.54, 1.807) is 0 Å². The van der Waals surface area contributed by atoms with Crippen molar-refractivity contribution in [3.8, 4) is 0 Å². The predicted octanol–water partition coefficient (Wildman–Crippen LogP) is 2.60. The Morgan fingerprint density at radius 1 is 1.26 bits per heavy atom. The molecule has 2 aliphatic heterocycles. The van der Waals surface area contributed by atoms with Gasteiger partial charge in [-0.3, -0.25) is 9.59 Å². The maximum Gasteiger partial charge on any atom is 0.237 e. The lowest BCUT2D eigenvalue weighted by atomic mass is 9.92. The second-order valence-electron chi connectivity index (χ2n) is 8.20. The van der Waals surface area contributed by atoms with E-state index in [4.69, 9.17) is 0 Å². The van der Waals surface area contributed by atoms with Crippen molar-refractivity contribution in [2.24, 2.45) is 5.92 Å². The Morgan fingerprint density at radius 3 is 2.81 bits per heavy atom. The number of piperidine rings is 1. The third-order valence-corrected chi connectivity index (χ3v) is 6.01. The van der Waals surface area contributed by atoms with Gasteiger partial charge in [-0.05, 0) is 62.1 Å². The minimum atomic E-state index is -0.0266. The average molecular weight is 372 g/mol. The van der Waals surface area contributed by atoms with Gasteiger partial charge in [0.1, 0.15) is 0 Å². The van der Waals surface area contributed by atoms with Crippen molar-refractivity contribution in [3.63, 3.8) is 0 Å². The van der Waals surface area contributed by atoms with E-state index in [1.807, 2.05) is 17.0 Å². The topological polar surface area (TPSA) is 61.4 Å². The van der Waals surface area contributed by atoms with Gasteiger partial charge >= 0.3 is 0 Å². The maximum atomic E-state index is 12.8. The second kappa shape index (κ2) is 9.36. The van der Waals surface area contributed by atoms with Crippen LogP contribution in [0.25, 0.3) is 0 Å². The van der Waals surface area contributed by atoms with Gasteiger partial charge in [-0.1, -0.05) is 31.2 Å². The molecule has 3 atom stereocenters. The SMILES string of the molecule is Cc1ccccc1C(C)CC(=O)N1CCCC(CNC(=O)C2CCCN2)C1. The lowest BCUT2D eigenvalue weighted by Gasteiger charge is -2.34. The molecule has 1 aromatic carbocycles. The van der Waals surface area contributed by atoms with Crippen LogP contribution < -0.4 is 10.6 Å². The van der Waals surface area contributed by atoms with Crippen molar-refractivity contribution in [2.75, 3.05) is 26.2 Å². The van der Waals surface area contributed by atoms with Crippen molar-refractivity contribution in [1.29, 1.82) is 0 Å². The minimum Gasteiger partial charge on any atom is -0.354 e. The Hall–Kier alpha value is -1.88. The largest absolute Gasteiger partial charge is 0.354 e. The van der Waals surface area contributed by atoms with Gasteiger partial charge in [0.25, 0.3) is 0 Å². The first-order valence-electron chi connectivity index (χ1n) is 10.4. The molecule has 2 aliphatic rings. The molecular weight excluding hydrogens is 338 g/mol. The third-order valence-electron chi connectivity index (χ3n) is 6.01. The zero-order chi connectivity index (χ0) is 19.2. The molecule has 0 saturated carbocycles. The zero-order valence-electron chi connectivity index (χ0n) is 16.7. The number of carbonyl (C=O) groups is 2. The molecular formula is C22H33N3O2. The van der Waals surface area contributed by atoms with Crippen LogP contribution in [0, 0.1) is 12.8 Å². The number of nitrogens with one attached hydrogen (secondary N) is 2. The number of benzene rings is 1. The molecule has 27 heavy (non-hydrogen) atoms. The van der Waals surface area contributed by atoms with Crippen LogP contribution in [-0.2, 0) is 9.59 Å². The standard InChI is InChI=1S/C22H33N3O2/c1-16-7-3-4-9-19(16)17(2)13-21(26)25-12-6-8-18(15-25)14-24-22(27)20-10-5-11-23-20/h3-4,7,9,17-18,20,23H,5-6,8,10-15H2,1-2H3,(H,24,27). The first kappa shape index (κ1) is 19.9. The van der Waals surface area contributed by atoms with Crippen LogP contribution in [0.2, 0.25) is 0 Å². The molecule has 2 amide bonds. The molecule has 2 saturated heterocycles. The smallest absolute Gasteiger partial charge is 0.237 e. The Kier molecular flexibility index (Phi) is 6.89. The number of aryl methyl sites for hydroxylation is 1. The first-order valence-corrected chi connectivity index (χ1v) is 10.4. The van der Waals surface area contributed by atoms with Gasteiger partial charge in [-0.25, -0.2) is 0 Å². The summed E-state index contributed by atoms with van der Waals surface area (Å²) in [7, 11) is 0. The summed E-state index contributed by atoms with van der Waals surface area (Å²) in [4.78, 5) is 27.0. The molecule has 5 heteroatoms. The number of nitrogens with zero attached hydrogens (tertiary/aromatic N) is 1. The fraction of sp³-hybridized carbons (Fsp3) is 0.636. The quantitative estimate of drug-likeness (QED) is 0.808. The van der Waals surface area contributed by atoms with Crippen LogP contribution in [0.1, 0.15) is 56.1 Å². The first-order chi connectivity index (χ1) is 13.0. The highest BCUT2D eigenvalue weighted by atomic mass is 16.2. The van der Waals surface area contributed by atoms with Gasteiger partial charge in [0.2, 0.25) is 11.8 Å². The molecule has 0 spiro atoms. The van der Waals surface area contributed by atoms with Gasteiger partial charge in [0.05, 0.1) is 6.04 Å². The minimum absolute atomic E-state index is 0.0266. The average Bonchev–Trinajstić information content (AvgIpc) is 3.21. The van der Waals surface area contributed by atoms with Crippen molar-refractivity contribution >= 4 is 11.8 Å². The van der Waals surface area contributed by atoms with Crippen LogP contribution in [0.15, 0.2) is 24.3 Å². The lowest BCUT2D eigenvalue weighted by Crippen LogP contribution is -2.46. The van der Waals surface area contributed by atoms with Crippen LogP contribution in [-0.4, -0.2) is 48.9 Å². The highest BCUT2D eigenvalue weighted by molar-refractivity contribution is 5.82.